The van der Waals surface area contributed by atoms with Crippen molar-refractivity contribution in [2.24, 2.45) is 0 Å². The third kappa shape index (κ3) is 12.7. The first-order valence-corrected chi connectivity index (χ1v) is 11.4. The van der Waals surface area contributed by atoms with Crippen LogP contribution in [0.15, 0.2) is 0 Å². The van der Waals surface area contributed by atoms with E-state index in [1.165, 1.54) is 38.5 Å². The number of nitrogens with zero attached hydrogens (tertiary/aromatic N) is 1. The molecule has 0 rings (SSSR count). The van der Waals surface area contributed by atoms with Crippen LogP contribution in [-0.4, -0.2) is 52.8 Å². The molecule has 0 fully saturated rings. The molecule has 0 aliphatic carbocycles. The predicted octanol–water partition coefficient (Wildman–Crippen LogP) is 4.05. The molecule has 150 valence electrons. The molecular weight excluding hydrogens is 341 g/mol. The Balaban J connectivity index is 4.82. The van der Waals surface area contributed by atoms with Crippen molar-refractivity contribution in [2.45, 2.75) is 84.7 Å². The summed E-state index contributed by atoms with van der Waals surface area (Å²) in [5.41, 5.74) is 0. The van der Waals surface area contributed by atoms with Crippen LogP contribution in [0.25, 0.3) is 0 Å². The van der Waals surface area contributed by atoms with Gasteiger partial charge in [0, 0.05) is 6.42 Å². The SMILES string of the molecule is CCCC[N+](CCCC)(CCCC)CCCC(CC=O)OP(=O)(O)O. The van der Waals surface area contributed by atoms with Crippen molar-refractivity contribution in [1.29, 1.82) is 0 Å². The molecule has 0 saturated heterocycles. The number of hydrogen-bond donors (Lipinski definition) is 2. The van der Waals surface area contributed by atoms with Crippen LogP contribution in [0.1, 0.15) is 78.6 Å². The summed E-state index contributed by atoms with van der Waals surface area (Å²) in [5.74, 6) is 0. The van der Waals surface area contributed by atoms with Crippen LogP contribution in [0.2, 0.25) is 0 Å². The zero-order valence-electron chi connectivity index (χ0n) is 16.4. The minimum atomic E-state index is -4.55. The molecule has 0 amide bonds. The second-order valence-electron chi connectivity index (χ2n) is 7.06. The van der Waals surface area contributed by atoms with Crippen molar-refractivity contribution < 1.29 is 28.2 Å². The number of rotatable bonds is 17. The summed E-state index contributed by atoms with van der Waals surface area (Å²) in [6, 6.07) is 0. The molecule has 0 heterocycles. The average Bonchev–Trinajstić information content (AvgIpc) is 2.54. The van der Waals surface area contributed by atoms with Crippen LogP contribution < -0.4 is 0 Å². The molecule has 7 heteroatoms. The Bertz CT molecular complexity index is 364. The van der Waals surface area contributed by atoms with Gasteiger partial charge in [-0.05, 0) is 32.1 Å². The van der Waals surface area contributed by atoms with E-state index in [0.29, 0.717) is 12.7 Å². The molecular formula is C18H39NO5P+. The van der Waals surface area contributed by atoms with E-state index in [2.05, 4.69) is 20.8 Å². The standard InChI is InChI=1S/C18H38NO5P/c1-4-7-13-19(14-8-5-2,15-9-6-3)16-10-11-18(12-17-20)24-25(21,22)23/h17-18H,4-16H2,1-3H3,(H-,21,22,23)/p+1. The number of quaternary nitrogens is 1. The summed E-state index contributed by atoms with van der Waals surface area (Å²) in [5, 5.41) is 0. The lowest BCUT2D eigenvalue weighted by atomic mass is 10.1. The van der Waals surface area contributed by atoms with E-state index in [4.69, 9.17) is 14.3 Å². The van der Waals surface area contributed by atoms with Crippen molar-refractivity contribution in [3.8, 4) is 0 Å². The Morgan fingerprint density at radius 1 is 0.920 bits per heavy atom. The summed E-state index contributed by atoms with van der Waals surface area (Å²) < 4.78 is 16.9. The van der Waals surface area contributed by atoms with Gasteiger partial charge in [-0.25, -0.2) is 4.57 Å². The predicted molar refractivity (Wildman–Crippen MR) is 101 cm³/mol. The third-order valence-electron chi connectivity index (χ3n) is 4.76. The summed E-state index contributed by atoms with van der Waals surface area (Å²) in [6.45, 7) is 11.1. The van der Waals surface area contributed by atoms with Crippen LogP contribution in [0.4, 0.5) is 0 Å². The maximum absolute atomic E-state index is 11.1. The van der Waals surface area contributed by atoms with Crippen molar-refractivity contribution in [3.63, 3.8) is 0 Å². The Morgan fingerprint density at radius 3 is 1.72 bits per heavy atom. The summed E-state index contributed by atoms with van der Waals surface area (Å²) in [4.78, 5) is 28.7. The van der Waals surface area contributed by atoms with Gasteiger partial charge in [-0.3, -0.25) is 4.52 Å². The Kier molecular flexibility index (Phi) is 13.7. The van der Waals surface area contributed by atoms with Gasteiger partial charge in [0.25, 0.3) is 0 Å². The second kappa shape index (κ2) is 13.9. The van der Waals surface area contributed by atoms with E-state index in [1.54, 1.807) is 0 Å². The quantitative estimate of drug-likeness (QED) is 0.226. The van der Waals surface area contributed by atoms with E-state index >= 15 is 0 Å². The highest BCUT2D eigenvalue weighted by Crippen LogP contribution is 2.39. The number of phosphoric ester groups is 1. The Hall–Kier alpha value is -0.260. The lowest BCUT2D eigenvalue weighted by molar-refractivity contribution is -0.929. The van der Waals surface area contributed by atoms with Gasteiger partial charge in [-0.15, -0.1) is 0 Å². The van der Waals surface area contributed by atoms with Crippen molar-refractivity contribution in [1.82, 2.24) is 0 Å². The summed E-state index contributed by atoms with van der Waals surface area (Å²) >= 11 is 0. The first-order chi connectivity index (χ1) is 11.8. The number of carbonyl (C=O) groups is 1. The van der Waals surface area contributed by atoms with E-state index < -0.39 is 13.9 Å². The maximum atomic E-state index is 11.1. The van der Waals surface area contributed by atoms with E-state index in [1.807, 2.05) is 0 Å². The molecule has 0 saturated carbocycles. The fraction of sp³-hybridized carbons (Fsp3) is 0.944. The van der Waals surface area contributed by atoms with Crippen LogP contribution in [-0.2, 0) is 13.9 Å². The molecule has 0 aromatic carbocycles. The second-order valence-corrected chi connectivity index (χ2v) is 8.25. The number of hydrogen-bond acceptors (Lipinski definition) is 3. The minimum absolute atomic E-state index is 0.0317. The molecule has 0 aliphatic heterocycles. The minimum Gasteiger partial charge on any atom is -0.324 e. The van der Waals surface area contributed by atoms with Gasteiger partial charge in [0.05, 0.1) is 32.3 Å². The van der Waals surface area contributed by atoms with Crippen LogP contribution in [0.5, 0.6) is 0 Å². The molecule has 25 heavy (non-hydrogen) atoms. The Labute approximate surface area is 153 Å². The lowest BCUT2D eigenvalue weighted by Crippen LogP contribution is -2.51. The fourth-order valence-corrected chi connectivity index (χ4v) is 3.90. The number of carbonyl (C=O) groups excluding carboxylic acids is 1. The molecule has 0 aliphatic rings. The third-order valence-corrected chi connectivity index (χ3v) is 5.33. The van der Waals surface area contributed by atoms with Gasteiger partial charge in [0.1, 0.15) is 6.29 Å². The largest absolute Gasteiger partial charge is 0.469 e. The van der Waals surface area contributed by atoms with Gasteiger partial charge >= 0.3 is 7.82 Å². The number of unbranched alkanes of at least 4 members (excludes halogenated alkanes) is 3. The van der Waals surface area contributed by atoms with Crippen LogP contribution >= 0.6 is 7.82 Å². The van der Waals surface area contributed by atoms with Crippen molar-refractivity contribution in [3.05, 3.63) is 0 Å². The Morgan fingerprint density at radius 2 is 1.36 bits per heavy atom. The van der Waals surface area contributed by atoms with E-state index in [0.717, 1.165) is 37.1 Å². The van der Waals surface area contributed by atoms with Crippen LogP contribution in [0, 0.1) is 0 Å². The van der Waals surface area contributed by atoms with E-state index in [-0.39, 0.29) is 6.42 Å². The first kappa shape index (κ1) is 24.7. The normalized spacial score (nSPS) is 13.8. The number of phosphoric acid groups is 1. The molecule has 0 aromatic rings. The molecule has 0 spiro atoms. The zero-order chi connectivity index (χ0) is 19.2. The van der Waals surface area contributed by atoms with Gasteiger partial charge < -0.3 is 19.1 Å². The summed E-state index contributed by atoms with van der Waals surface area (Å²) in [7, 11) is -4.55. The van der Waals surface area contributed by atoms with Gasteiger partial charge in [0.2, 0.25) is 0 Å². The van der Waals surface area contributed by atoms with Gasteiger partial charge in [-0.2, -0.15) is 0 Å². The molecule has 1 atom stereocenters. The zero-order valence-corrected chi connectivity index (χ0v) is 17.3. The first-order valence-electron chi connectivity index (χ1n) is 9.85. The van der Waals surface area contributed by atoms with Crippen LogP contribution in [0.3, 0.4) is 0 Å². The van der Waals surface area contributed by atoms with Gasteiger partial charge in [0.15, 0.2) is 0 Å². The molecule has 0 bridgehead atoms. The molecule has 0 aromatic heterocycles. The van der Waals surface area contributed by atoms with Crippen molar-refractivity contribution >= 4 is 14.1 Å². The van der Waals surface area contributed by atoms with Crippen molar-refractivity contribution in [2.75, 3.05) is 26.2 Å². The number of aldehydes is 1. The highest BCUT2D eigenvalue weighted by molar-refractivity contribution is 7.46. The highest BCUT2D eigenvalue weighted by Gasteiger charge is 2.27. The molecule has 2 N–H and O–H groups in total. The molecule has 1 unspecified atom stereocenters. The van der Waals surface area contributed by atoms with E-state index in [9.17, 15) is 9.36 Å². The van der Waals surface area contributed by atoms with Gasteiger partial charge in [-0.1, -0.05) is 40.0 Å². The smallest absolute Gasteiger partial charge is 0.324 e. The molecule has 6 nitrogen and oxygen atoms in total. The molecule has 0 radical (unpaired) electrons. The highest BCUT2D eigenvalue weighted by atomic mass is 31.2. The average molecular weight is 380 g/mol. The maximum Gasteiger partial charge on any atom is 0.469 e. The summed E-state index contributed by atoms with van der Waals surface area (Å²) in [6.07, 6.45) is 8.46. The topological polar surface area (TPSA) is 83.8 Å². The lowest BCUT2D eigenvalue weighted by Gasteiger charge is -2.39. The monoisotopic (exact) mass is 380 g/mol. The fourth-order valence-electron chi connectivity index (χ4n) is 3.32.